The number of nitrogens with zero attached hydrogens (tertiary/aromatic N) is 3. The number of hydrogen-bond acceptors (Lipinski definition) is 6. The summed E-state index contributed by atoms with van der Waals surface area (Å²) in [6.45, 7) is 2.74. The van der Waals surface area contributed by atoms with Crippen molar-refractivity contribution in [1.82, 2.24) is 14.8 Å². The lowest BCUT2D eigenvalue weighted by Gasteiger charge is -2.12. The van der Waals surface area contributed by atoms with Crippen LogP contribution in [-0.2, 0) is 16.1 Å². The smallest absolute Gasteiger partial charge is 0.319 e. The lowest BCUT2D eigenvalue weighted by Crippen LogP contribution is -2.12. The van der Waals surface area contributed by atoms with E-state index in [1.165, 1.54) is 11.8 Å². The number of aromatic nitrogens is 3. The fourth-order valence-electron chi connectivity index (χ4n) is 2.88. The summed E-state index contributed by atoms with van der Waals surface area (Å²) in [5.74, 6) is 1.30. The summed E-state index contributed by atoms with van der Waals surface area (Å²) >= 11 is 1.39. The summed E-state index contributed by atoms with van der Waals surface area (Å²) in [5, 5.41) is 9.04. The Bertz CT molecular complexity index is 943. The van der Waals surface area contributed by atoms with Crippen LogP contribution in [0.25, 0.3) is 5.69 Å². The maximum absolute atomic E-state index is 11.9. The van der Waals surface area contributed by atoms with Crippen LogP contribution in [0.2, 0.25) is 0 Å². The molecule has 27 heavy (non-hydrogen) atoms. The van der Waals surface area contributed by atoms with E-state index in [4.69, 9.17) is 9.47 Å². The molecule has 0 bridgehead atoms. The van der Waals surface area contributed by atoms with Gasteiger partial charge in [-0.05, 0) is 30.7 Å². The second-order valence-corrected chi connectivity index (χ2v) is 7.36. The van der Waals surface area contributed by atoms with Gasteiger partial charge in [0.25, 0.3) is 0 Å². The van der Waals surface area contributed by atoms with Crippen LogP contribution in [0.1, 0.15) is 17.8 Å². The summed E-state index contributed by atoms with van der Waals surface area (Å²) in [4.78, 5) is 11.9. The van der Waals surface area contributed by atoms with Gasteiger partial charge in [0.15, 0.2) is 11.0 Å². The van der Waals surface area contributed by atoms with E-state index >= 15 is 0 Å². The molecule has 1 aliphatic rings. The van der Waals surface area contributed by atoms with Crippen molar-refractivity contribution in [3.05, 3.63) is 66.0 Å². The van der Waals surface area contributed by atoms with E-state index in [2.05, 4.69) is 10.2 Å². The Morgan fingerprint density at radius 3 is 2.67 bits per heavy atom. The maximum Gasteiger partial charge on any atom is 0.319 e. The molecule has 1 fully saturated rings. The molecule has 1 unspecified atom stereocenters. The number of ether oxygens (including phenoxy) is 2. The molecule has 138 valence electrons. The minimum atomic E-state index is -0.248. The monoisotopic (exact) mass is 381 g/mol. The summed E-state index contributed by atoms with van der Waals surface area (Å²) in [7, 11) is 0. The van der Waals surface area contributed by atoms with Crippen LogP contribution < -0.4 is 4.74 Å². The number of carbonyl (C=O) groups excluding carboxylic acids is 1. The molecule has 3 aromatic rings. The molecule has 4 rings (SSSR count). The van der Waals surface area contributed by atoms with E-state index < -0.39 is 0 Å². The minimum absolute atomic E-state index is 0.194. The van der Waals surface area contributed by atoms with Crippen molar-refractivity contribution in [1.29, 1.82) is 0 Å². The largest absolute Gasteiger partial charge is 0.485 e. The van der Waals surface area contributed by atoms with Crippen molar-refractivity contribution >= 4 is 17.7 Å². The number of esters is 1. The molecule has 0 amide bonds. The van der Waals surface area contributed by atoms with Crippen molar-refractivity contribution in [2.45, 2.75) is 30.4 Å². The number of aryl methyl sites for hydroxylation is 1. The molecule has 2 aromatic carbocycles. The highest BCUT2D eigenvalue weighted by atomic mass is 32.2. The van der Waals surface area contributed by atoms with E-state index in [-0.39, 0.29) is 17.8 Å². The fourth-order valence-corrected chi connectivity index (χ4v) is 3.92. The first kappa shape index (κ1) is 17.6. The first-order valence-electron chi connectivity index (χ1n) is 8.74. The Kier molecular flexibility index (Phi) is 5.11. The standard InChI is InChI=1S/C20H19N3O3S/c1-14-7-5-6-10-16(14)26-13-18-21-22-20(27-17-11-12-25-19(17)24)23(18)15-8-3-2-4-9-15/h2-10,17H,11-13H2,1H3. The topological polar surface area (TPSA) is 66.2 Å². The van der Waals surface area contributed by atoms with E-state index in [0.29, 0.717) is 24.0 Å². The van der Waals surface area contributed by atoms with Gasteiger partial charge in [0.1, 0.15) is 17.6 Å². The average molecular weight is 381 g/mol. The Morgan fingerprint density at radius 2 is 1.93 bits per heavy atom. The minimum Gasteiger partial charge on any atom is -0.485 e. The predicted molar refractivity (Wildman–Crippen MR) is 102 cm³/mol. The summed E-state index contributed by atoms with van der Waals surface area (Å²) in [6.07, 6.45) is 0.681. The number of rotatable bonds is 6. The molecule has 1 aromatic heterocycles. The molecule has 0 radical (unpaired) electrons. The molecule has 0 spiro atoms. The van der Waals surface area contributed by atoms with Crippen molar-refractivity contribution in [2.75, 3.05) is 6.61 Å². The number of cyclic esters (lactones) is 1. The van der Waals surface area contributed by atoms with Crippen molar-refractivity contribution in [3.8, 4) is 11.4 Å². The third-order valence-corrected chi connectivity index (χ3v) is 5.49. The van der Waals surface area contributed by atoms with Crippen molar-refractivity contribution in [3.63, 3.8) is 0 Å². The highest BCUT2D eigenvalue weighted by molar-refractivity contribution is 8.00. The zero-order chi connectivity index (χ0) is 18.6. The van der Waals surface area contributed by atoms with E-state index in [1.54, 1.807) is 0 Å². The van der Waals surface area contributed by atoms with E-state index in [1.807, 2.05) is 66.1 Å². The highest BCUT2D eigenvalue weighted by Crippen LogP contribution is 2.31. The first-order valence-corrected chi connectivity index (χ1v) is 9.62. The number of para-hydroxylation sites is 2. The number of benzene rings is 2. The van der Waals surface area contributed by atoms with E-state index in [9.17, 15) is 4.79 Å². The first-order chi connectivity index (χ1) is 13.2. The van der Waals surface area contributed by atoms with Gasteiger partial charge in [-0.2, -0.15) is 0 Å². The third kappa shape index (κ3) is 3.83. The van der Waals surface area contributed by atoms with Gasteiger partial charge in [0, 0.05) is 12.1 Å². The molecule has 0 aliphatic carbocycles. The molecule has 1 saturated heterocycles. The normalized spacial score (nSPS) is 16.3. The van der Waals surface area contributed by atoms with Crippen LogP contribution in [0.4, 0.5) is 0 Å². The fraction of sp³-hybridized carbons (Fsp3) is 0.250. The molecular weight excluding hydrogens is 362 g/mol. The molecule has 1 aliphatic heterocycles. The van der Waals surface area contributed by atoms with Crippen LogP contribution in [0, 0.1) is 6.92 Å². The average Bonchev–Trinajstić information content (AvgIpc) is 3.28. The van der Waals surface area contributed by atoms with Crippen LogP contribution in [-0.4, -0.2) is 32.6 Å². The summed E-state index contributed by atoms with van der Waals surface area (Å²) in [5.41, 5.74) is 1.99. The Hall–Kier alpha value is -2.80. The number of hydrogen-bond donors (Lipinski definition) is 0. The number of thioether (sulfide) groups is 1. The van der Waals surface area contributed by atoms with Gasteiger partial charge < -0.3 is 9.47 Å². The van der Waals surface area contributed by atoms with E-state index in [0.717, 1.165) is 17.0 Å². The third-order valence-electron chi connectivity index (χ3n) is 4.30. The quantitative estimate of drug-likeness (QED) is 0.608. The zero-order valence-corrected chi connectivity index (χ0v) is 15.7. The van der Waals surface area contributed by atoms with Crippen LogP contribution in [0.15, 0.2) is 59.8 Å². The van der Waals surface area contributed by atoms with Gasteiger partial charge in [0.05, 0.1) is 6.61 Å². The van der Waals surface area contributed by atoms with Crippen LogP contribution in [0.5, 0.6) is 5.75 Å². The SMILES string of the molecule is Cc1ccccc1OCc1nnc(SC2CCOC2=O)n1-c1ccccc1. The van der Waals surface area contributed by atoms with Gasteiger partial charge in [-0.15, -0.1) is 10.2 Å². The molecule has 1 atom stereocenters. The summed E-state index contributed by atoms with van der Waals surface area (Å²) in [6, 6.07) is 17.7. The van der Waals surface area contributed by atoms with Gasteiger partial charge >= 0.3 is 5.97 Å². The van der Waals surface area contributed by atoms with Gasteiger partial charge in [-0.25, -0.2) is 0 Å². The summed E-state index contributed by atoms with van der Waals surface area (Å²) < 4.78 is 13.0. The molecule has 0 saturated carbocycles. The molecule has 6 nitrogen and oxygen atoms in total. The Labute approximate surface area is 161 Å². The van der Waals surface area contributed by atoms with Crippen LogP contribution >= 0.6 is 11.8 Å². The lowest BCUT2D eigenvalue weighted by atomic mass is 10.2. The Morgan fingerprint density at radius 1 is 1.15 bits per heavy atom. The van der Waals surface area contributed by atoms with Crippen LogP contribution in [0.3, 0.4) is 0 Å². The van der Waals surface area contributed by atoms with Crippen molar-refractivity contribution < 1.29 is 14.3 Å². The Balaban J connectivity index is 1.63. The molecule has 0 N–H and O–H groups in total. The van der Waals surface area contributed by atoms with Gasteiger partial charge in [0.2, 0.25) is 0 Å². The lowest BCUT2D eigenvalue weighted by molar-refractivity contribution is -0.137. The zero-order valence-electron chi connectivity index (χ0n) is 14.9. The second-order valence-electron chi connectivity index (χ2n) is 6.19. The molecule has 7 heteroatoms. The van der Waals surface area contributed by atoms with Gasteiger partial charge in [-0.1, -0.05) is 48.2 Å². The van der Waals surface area contributed by atoms with Crippen molar-refractivity contribution in [2.24, 2.45) is 0 Å². The van der Waals surface area contributed by atoms with Gasteiger partial charge in [-0.3, -0.25) is 9.36 Å². The highest BCUT2D eigenvalue weighted by Gasteiger charge is 2.30. The predicted octanol–water partition coefficient (Wildman–Crippen LogP) is 3.56. The second kappa shape index (κ2) is 7.84. The molecular formula is C20H19N3O3S. The molecule has 2 heterocycles. The number of carbonyl (C=O) groups is 1. The maximum atomic E-state index is 11.9.